The van der Waals surface area contributed by atoms with Crippen LogP contribution in [0.25, 0.3) is 0 Å². The molecule has 0 radical (unpaired) electrons. The van der Waals surface area contributed by atoms with Crippen molar-refractivity contribution in [3.05, 3.63) is 71.3 Å². The molecular formula is C24H30N2O2. The van der Waals surface area contributed by atoms with E-state index in [1.54, 1.807) is 30.3 Å². The first kappa shape index (κ1) is 20.3. The number of amides is 1. The monoisotopic (exact) mass is 378 g/mol. The van der Waals surface area contributed by atoms with E-state index in [-0.39, 0.29) is 17.2 Å². The molecule has 2 aromatic carbocycles. The molecule has 1 fully saturated rings. The summed E-state index contributed by atoms with van der Waals surface area (Å²) < 4.78 is 0. The molecule has 0 saturated heterocycles. The van der Waals surface area contributed by atoms with Crippen LogP contribution in [0.2, 0.25) is 0 Å². The van der Waals surface area contributed by atoms with Gasteiger partial charge in [0.05, 0.1) is 5.56 Å². The van der Waals surface area contributed by atoms with Crippen molar-refractivity contribution in [1.82, 2.24) is 10.2 Å². The Kier molecular flexibility index (Phi) is 6.63. The molecule has 0 aromatic heterocycles. The highest BCUT2D eigenvalue weighted by Gasteiger charge is 2.33. The van der Waals surface area contributed by atoms with Gasteiger partial charge < -0.3 is 10.2 Å². The predicted octanol–water partition coefficient (Wildman–Crippen LogP) is 4.30. The number of hydrogen-bond acceptors (Lipinski definition) is 3. The number of nitrogens with one attached hydrogen (secondary N) is 1. The molecular weight excluding hydrogens is 348 g/mol. The minimum Gasteiger partial charge on any atom is -0.350 e. The van der Waals surface area contributed by atoms with Crippen LogP contribution in [0.3, 0.4) is 0 Å². The molecule has 1 aliphatic rings. The average molecular weight is 379 g/mol. The van der Waals surface area contributed by atoms with Gasteiger partial charge in [0.2, 0.25) is 0 Å². The van der Waals surface area contributed by atoms with E-state index in [0.717, 1.165) is 12.8 Å². The smallest absolute Gasteiger partial charge is 0.252 e. The Morgan fingerprint density at radius 3 is 2.04 bits per heavy atom. The van der Waals surface area contributed by atoms with Crippen molar-refractivity contribution in [2.45, 2.75) is 44.1 Å². The summed E-state index contributed by atoms with van der Waals surface area (Å²) in [7, 11) is 4.20. The molecule has 3 rings (SSSR count). The van der Waals surface area contributed by atoms with Gasteiger partial charge in [-0.05, 0) is 33.0 Å². The molecule has 4 heteroatoms. The van der Waals surface area contributed by atoms with Crippen LogP contribution < -0.4 is 5.32 Å². The molecule has 1 amide bonds. The molecule has 0 bridgehead atoms. The van der Waals surface area contributed by atoms with Crippen molar-refractivity contribution >= 4 is 11.7 Å². The highest BCUT2D eigenvalue weighted by atomic mass is 16.2. The van der Waals surface area contributed by atoms with Gasteiger partial charge in [-0.25, -0.2) is 0 Å². The largest absolute Gasteiger partial charge is 0.350 e. The van der Waals surface area contributed by atoms with Gasteiger partial charge in [0.1, 0.15) is 0 Å². The molecule has 0 unspecified atom stereocenters. The van der Waals surface area contributed by atoms with Gasteiger partial charge in [-0.15, -0.1) is 0 Å². The number of ketones is 1. The highest BCUT2D eigenvalue weighted by molar-refractivity contribution is 6.15. The van der Waals surface area contributed by atoms with E-state index in [0.29, 0.717) is 23.2 Å². The second-order valence-electron chi connectivity index (χ2n) is 7.96. The van der Waals surface area contributed by atoms with Crippen molar-refractivity contribution in [3.63, 3.8) is 0 Å². The third-order valence-corrected chi connectivity index (χ3v) is 6.01. The van der Waals surface area contributed by atoms with E-state index in [4.69, 9.17) is 0 Å². The normalized spacial score (nSPS) is 16.4. The Balaban J connectivity index is 1.79. The first-order valence-corrected chi connectivity index (χ1v) is 10.2. The van der Waals surface area contributed by atoms with Gasteiger partial charge in [-0.1, -0.05) is 74.2 Å². The van der Waals surface area contributed by atoms with Crippen molar-refractivity contribution in [2.24, 2.45) is 0 Å². The van der Waals surface area contributed by atoms with Crippen LogP contribution in [-0.4, -0.2) is 42.8 Å². The van der Waals surface area contributed by atoms with Crippen LogP contribution in [0.1, 0.15) is 64.8 Å². The third-order valence-electron chi connectivity index (χ3n) is 6.01. The summed E-state index contributed by atoms with van der Waals surface area (Å²) >= 11 is 0. The molecule has 4 nitrogen and oxygen atoms in total. The number of carbonyl (C=O) groups excluding carboxylic acids is 2. The van der Waals surface area contributed by atoms with Gasteiger partial charge in [-0.2, -0.15) is 0 Å². The van der Waals surface area contributed by atoms with E-state index < -0.39 is 0 Å². The third kappa shape index (κ3) is 4.50. The number of rotatable bonds is 6. The zero-order chi connectivity index (χ0) is 20.0. The molecule has 1 saturated carbocycles. The summed E-state index contributed by atoms with van der Waals surface area (Å²) in [5.74, 6) is -0.298. The Morgan fingerprint density at radius 1 is 0.857 bits per heavy atom. The van der Waals surface area contributed by atoms with Crippen molar-refractivity contribution < 1.29 is 9.59 Å². The molecule has 1 N–H and O–H groups in total. The highest BCUT2D eigenvalue weighted by Crippen LogP contribution is 2.30. The maximum absolute atomic E-state index is 13.0. The summed E-state index contributed by atoms with van der Waals surface area (Å²) in [6.07, 6.45) is 7.08. The van der Waals surface area contributed by atoms with E-state index >= 15 is 0 Å². The molecule has 0 spiro atoms. The quantitative estimate of drug-likeness (QED) is 0.602. The molecule has 0 atom stereocenters. The lowest BCUT2D eigenvalue weighted by Gasteiger charge is -2.39. The van der Waals surface area contributed by atoms with E-state index in [1.807, 2.05) is 24.3 Å². The summed E-state index contributed by atoms with van der Waals surface area (Å²) in [4.78, 5) is 28.2. The lowest BCUT2D eigenvalue weighted by molar-refractivity contribution is 0.0863. The maximum atomic E-state index is 13.0. The Labute approximate surface area is 167 Å². The van der Waals surface area contributed by atoms with Crippen molar-refractivity contribution in [3.8, 4) is 0 Å². The fourth-order valence-corrected chi connectivity index (χ4v) is 4.13. The van der Waals surface area contributed by atoms with Gasteiger partial charge >= 0.3 is 0 Å². The average Bonchev–Trinajstić information content (AvgIpc) is 2.99. The molecule has 28 heavy (non-hydrogen) atoms. The maximum Gasteiger partial charge on any atom is 0.252 e. The first-order valence-electron chi connectivity index (χ1n) is 10.2. The summed E-state index contributed by atoms with van der Waals surface area (Å²) in [5.41, 5.74) is 1.48. The number of nitrogens with zero attached hydrogens (tertiary/aromatic N) is 1. The molecule has 1 aliphatic carbocycles. The summed E-state index contributed by atoms with van der Waals surface area (Å²) in [5, 5.41) is 3.13. The molecule has 2 aromatic rings. The summed E-state index contributed by atoms with van der Waals surface area (Å²) in [6.45, 7) is 0.604. The zero-order valence-corrected chi connectivity index (χ0v) is 16.9. The van der Waals surface area contributed by atoms with E-state index in [9.17, 15) is 9.59 Å². The Hall–Kier alpha value is -2.46. The van der Waals surface area contributed by atoms with Gasteiger partial charge in [0.15, 0.2) is 5.78 Å². The number of likely N-dealkylation sites (N-methyl/N-ethyl adjacent to an activating group) is 1. The van der Waals surface area contributed by atoms with Crippen LogP contribution in [0.4, 0.5) is 0 Å². The van der Waals surface area contributed by atoms with Gasteiger partial charge in [0.25, 0.3) is 5.91 Å². The standard InChI is InChI=1S/C24H30N2O2/c1-26(2)24(16-10-3-4-11-17-24)18-25-23(28)21-15-9-8-14-20(21)22(27)19-12-6-5-7-13-19/h5-9,12-15H,3-4,10-11,16-18H2,1-2H3,(H,25,28). The lowest BCUT2D eigenvalue weighted by Crippen LogP contribution is -2.52. The first-order chi connectivity index (χ1) is 13.5. The number of carbonyl (C=O) groups is 2. The number of hydrogen-bond donors (Lipinski definition) is 1. The summed E-state index contributed by atoms with van der Waals surface area (Å²) in [6, 6.07) is 16.2. The lowest BCUT2D eigenvalue weighted by atomic mass is 9.88. The predicted molar refractivity (Wildman–Crippen MR) is 113 cm³/mol. The minimum atomic E-state index is -0.176. The number of benzene rings is 2. The van der Waals surface area contributed by atoms with Crippen molar-refractivity contribution in [1.29, 1.82) is 0 Å². The molecule has 148 valence electrons. The molecule has 0 heterocycles. The second-order valence-corrected chi connectivity index (χ2v) is 7.96. The second kappa shape index (κ2) is 9.16. The fraction of sp³-hybridized carbons (Fsp3) is 0.417. The van der Waals surface area contributed by atoms with Crippen molar-refractivity contribution in [2.75, 3.05) is 20.6 Å². The van der Waals surface area contributed by atoms with E-state index in [2.05, 4.69) is 24.3 Å². The van der Waals surface area contributed by atoms with Gasteiger partial charge in [-0.3, -0.25) is 9.59 Å². The Bertz CT molecular complexity index is 806. The van der Waals surface area contributed by atoms with Crippen LogP contribution in [0.5, 0.6) is 0 Å². The van der Waals surface area contributed by atoms with Crippen LogP contribution in [0, 0.1) is 0 Å². The van der Waals surface area contributed by atoms with Crippen LogP contribution in [-0.2, 0) is 0 Å². The van der Waals surface area contributed by atoms with Gasteiger partial charge in [0, 0.05) is 23.2 Å². The van der Waals surface area contributed by atoms with E-state index in [1.165, 1.54) is 25.7 Å². The SMILES string of the molecule is CN(C)C1(CNC(=O)c2ccccc2C(=O)c2ccccc2)CCCCCC1. The minimum absolute atomic E-state index is 0.00938. The molecule has 0 aliphatic heterocycles. The topological polar surface area (TPSA) is 49.4 Å². The zero-order valence-electron chi connectivity index (χ0n) is 16.9. The Morgan fingerprint density at radius 2 is 1.43 bits per heavy atom. The van der Waals surface area contributed by atoms with Crippen LogP contribution >= 0.6 is 0 Å². The fourth-order valence-electron chi connectivity index (χ4n) is 4.13. The van der Waals surface area contributed by atoms with Crippen LogP contribution in [0.15, 0.2) is 54.6 Å².